The number of benzene rings is 1. The number of hydrogen-bond acceptors (Lipinski definition) is 1. The van der Waals surface area contributed by atoms with E-state index in [4.69, 9.17) is 4.42 Å². The normalized spacial score (nSPS) is 10.7. The SMILES string of the molecule is [CH2]c1coc2ccc(F)cc12. The predicted molar refractivity (Wildman–Crippen MR) is 40.6 cm³/mol. The Bertz CT molecular complexity index is 389. The maximum absolute atomic E-state index is 12.6. The molecule has 0 aliphatic rings. The fourth-order valence-corrected chi connectivity index (χ4v) is 1.05. The van der Waals surface area contributed by atoms with Gasteiger partial charge in [0.15, 0.2) is 0 Å². The lowest BCUT2D eigenvalue weighted by molar-refractivity contribution is 0.608. The number of furan rings is 1. The summed E-state index contributed by atoms with van der Waals surface area (Å²) in [5.74, 6) is -0.260. The van der Waals surface area contributed by atoms with Gasteiger partial charge in [0.2, 0.25) is 0 Å². The molecule has 1 heterocycles. The molecule has 1 aromatic carbocycles. The van der Waals surface area contributed by atoms with E-state index < -0.39 is 0 Å². The van der Waals surface area contributed by atoms with E-state index in [2.05, 4.69) is 6.92 Å². The largest absolute Gasteiger partial charge is 0.464 e. The zero-order chi connectivity index (χ0) is 7.84. The topological polar surface area (TPSA) is 13.1 Å². The molecular weight excluding hydrogens is 143 g/mol. The van der Waals surface area contributed by atoms with Gasteiger partial charge in [-0.25, -0.2) is 4.39 Å². The Kier molecular flexibility index (Phi) is 1.22. The molecule has 2 heteroatoms. The first kappa shape index (κ1) is 6.40. The first-order valence-electron chi connectivity index (χ1n) is 3.26. The van der Waals surface area contributed by atoms with Gasteiger partial charge in [-0.2, -0.15) is 0 Å². The van der Waals surface area contributed by atoms with Gasteiger partial charge in [0.25, 0.3) is 0 Å². The summed E-state index contributed by atoms with van der Waals surface area (Å²) in [7, 11) is 0. The Morgan fingerprint density at radius 2 is 2.18 bits per heavy atom. The van der Waals surface area contributed by atoms with Crippen LogP contribution in [-0.2, 0) is 0 Å². The van der Waals surface area contributed by atoms with Crippen molar-refractivity contribution in [2.75, 3.05) is 0 Å². The Morgan fingerprint density at radius 1 is 1.36 bits per heavy atom. The third-order valence-electron chi connectivity index (χ3n) is 1.62. The van der Waals surface area contributed by atoms with Crippen LogP contribution in [0.1, 0.15) is 5.56 Å². The standard InChI is InChI=1S/C9H6FO/c1-6-5-11-9-3-2-7(10)4-8(6)9/h2-5H,1H2. The molecule has 1 nitrogen and oxygen atoms in total. The lowest BCUT2D eigenvalue weighted by atomic mass is 10.2. The molecule has 0 bridgehead atoms. The molecule has 0 aliphatic carbocycles. The second-order valence-corrected chi connectivity index (χ2v) is 2.40. The van der Waals surface area contributed by atoms with Crippen LogP contribution in [0.2, 0.25) is 0 Å². The minimum absolute atomic E-state index is 0.260. The van der Waals surface area contributed by atoms with Crippen molar-refractivity contribution in [3.8, 4) is 0 Å². The van der Waals surface area contributed by atoms with Crippen molar-refractivity contribution < 1.29 is 8.81 Å². The highest BCUT2D eigenvalue weighted by atomic mass is 19.1. The zero-order valence-corrected chi connectivity index (χ0v) is 5.80. The Hall–Kier alpha value is -1.31. The molecule has 0 unspecified atom stereocenters. The molecule has 2 aromatic rings. The average molecular weight is 149 g/mol. The van der Waals surface area contributed by atoms with E-state index in [0.29, 0.717) is 5.58 Å². The van der Waals surface area contributed by atoms with E-state index in [1.807, 2.05) is 0 Å². The van der Waals surface area contributed by atoms with Crippen LogP contribution in [0.15, 0.2) is 28.9 Å². The van der Waals surface area contributed by atoms with Crippen molar-refractivity contribution in [1.82, 2.24) is 0 Å². The Labute approximate surface area is 63.4 Å². The van der Waals surface area contributed by atoms with Crippen molar-refractivity contribution in [2.45, 2.75) is 0 Å². The zero-order valence-electron chi connectivity index (χ0n) is 5.80. The molecule has 0 aliphatic heterocycles. The van der Waals surface area contributed by atoms with Gasteiger partial charge < -0.3 is 4.42 Å². The van der Waals surface area contributed by atoms with Crippen LogP contribution >= 0.6 is 0 Å². The minimum atomic E-state index is -0.260. The number of halogens is 1. The maximum atomic E-state index is 12.6. The fourth-order valence-electron chi connectivity index (χ4n) is 1.05. The summed E-state index contributed by atoms with van der Waals surface area (Å²) in [4.78, 5) is 0. The fraction of sp³-hybridized carbons (Fsp3) is 0. The summed E-state index contributed by atoms with van der Waals surface area (Å²) in [6.07, 6.45) is 1.52. The Morgan fingerprint density at radius 3 is 3.00 bits per heavy atom. The van der Waals surface area contributed by atoms with Crippen molar-refractivity contribution >= 4 is 11.0 Å². The minimum Gasteiger partial charge on any atom is -0.464 e. The highest BCUT2D eigenvalue weighted by Crippen LogP contribution is 2.20. The van der Waals surface area contributed by atoms with Gasteiger partial charge in [-0.15, -0.1) is 0 Å². The lowest BCUT2D eigenvalue weighted by Crippen LogP contribution is -1.72. The summed E-state index contributed by atoms with van der Waals surface area (Å²) in [5, 5.41) is 0.741. The highest BCUT2D eigenvalue weighted by Gasteiger charge is 2.01. The number of hydrogen-bond donors (Lipinski definition) is 0. The lowest BCUT2D eigenvalue weighted by Gasteiger charge is -1.88. The van der Waals surface area contributed by atoms with E-state index in [9.17, 15) is 4.39 Å². The molecule has 11 heavy (non-hydrogen) atoms. The molecule has 1 radical (unpaired) electrons. The molecule has 1 aromatic heterocycles. The molecule has 55 valence electrons. The quantitative estimate of drug-likeness (QED) is 0.561. The van der Waals surface area contributed by atoms with Crippen LogP contribution in [0.25, 0.3) is 11.0 Å². The molecule has 0 fully saturated rings. The van der Waals surface area contributed by atoms with Gasteiger partial charge in [0.1, 0.15) is 11.4 Å². The Balaban J connectivity index is 2.87. The maximum Gasteiger partial charge on any atom is 0.134 e. The average Bonchev–Trinajstić information content (AvgIpc) is 2.33. The van der Waals surface area contributed by atoms with Gasteiger partial charge in [-0.05, 0) is 30.7 Å². The summed E-state index contributed by atoms with van der Waals surface area (Å²) in [6, 6.07) is 4.38. The monoisotopic (exact) mass is 149 g/mol. The van der Waals surface area contributed by atoms with Crippen molar-refractivity contribution in [2.24, 2.45) is 0 Å². The molecule has 2 rings (SSSR count). The summed E-state index contributed by atoms with van der Waals surface area (Å²) in [5.41, 5.74) is 1.40. The summed E-state index contributed by atoms with van der Waals surface area (Å²) < 4.78 is 17.7. The first-order chi connectivity index (χ1) is 5.27. The van der Waals surface area contributed by atoms with Crippen LogP contribution < -0.4 is 0 Å². The summed E-state index contributed by atoms with van der Waals surface area (Å²) in [6.45, 7) is 3.69. The van der Waals surface area contributed by atoms with Gasteiger partial charge in [-0.3, -0.25) is 0 Å². The molecule has 0 N–H and O–H groups in total. The van der Waals surface area contributed by atoms with Crippen molar-refractivity contribution in [3.05, 3.63) is 42.8 Å². The molecule has 0 saturated heterocycles. The van der Waals surface area contributed by atoms with E-state index in [0.717, 1.165) is 10.9 Å². The second-order valence-electron chi connectivity index (χ2n) is 2.40. The van der Waals surface area contributed by atoms with E-state index >= 15 is 0 Å². The molecule has 0 saturated carbocycles. The van der Waals surface area contributed by atoms with E-state index in [1.54, 1.807) is 6.07 Å². The third-order valence-corrected chi connectivity index (χ3v) is 1.62. The van der Waals surface area contributed by atoms with Gasteiger partial charge in [0.05, 0.1) is 6.26 Å². The molecule has 0 atom stereocenters. The molecule has 0 amide bonds. The van der Waals surface area contributed by atoms with Gasteiger partial charge in [0, 0.05) is 5.39 Å². The number of rotatable bonds is 0. The van der Waals surface area contributed by atoms with E-state index in [-0.39, 0.29) is 5.82 Å². The first-order valence-corrected chi connectivity index (χ1v) is 3.26. The smallest absolute Gasteiger partial charge is 0.134 e. The third kappa shape index (κ3) is 0.909. The highest BCUT2D eigenvalue weighted by molar-refractivity contribution is 5.81. The molecule has 0 spiro atoms. The van der Waals surface area contributed by atoms with Crippen LogP contribution in [0.3, 0.4) is 0 Å². The second kappa shape index (κ2) is 2.09. The van der Waals surface area contributed by atoms with E-state index in [1.165, 1.54) is 18.4 Å². The van der Waals surface area contributed by atoms with Crippen LogP contribution in [0.5, 0.6) is 0 Å². The van der Waals surface area contributed by atoms with Crippen LogP contribution in [0.4, 0.5) is 4.39 Å². The molecular formula is C9H6FO. The number of fused-ring (bicyclic) bond motifs is 1. The van der Waals surface area contributed by atoms with Crippen molar-refractivity contribution in [1.29, 1.82) is 0 Å². The van der Waals surface area contributed by atoms with Gasteiger partial charge in [-0.1, -0.05) is 0 Å². The summed E-state index contributed by atoms with van der Waals surface area (Å²) >= 11 is 0. The van der Waals surface area contributed by atoms with Crippen LogP contribution in [0, 0.1) is 12.7 Å². The van der Waals surface area contributed by atoms with Gasteiger partial charge >= 0.3 is 0 Å². The van der Waals surface area contributed by atoms with Crippen LogP contribution in [-0.4, -0.2) is 0 Å². The predicted octanol–water partition coefficient (Wildman–Crippen LogP) is 2.75. The van der Waals surface area contributed by atoms with Crippen molar-refractivity contribution in [3.63, 3.8) is 0 Å².